The van der Waals surface area contributed by atoms with Crippen molar-refractivity contribution in [1.29, 1.82) is 0 Å². The largest absolute Gasteiger partial charge is 0.382 e. The van der Waals surface area contributed by atoms with Gasteiger partial charge in [0, 0.05) is 25.3 Å². The van der Waals surface area contributed by atoms with E-state index in [0.717, 1.165) is 43.2 Å². The standard InChI is InChI=1S/C12H23N5O2/c1-4-18-7-5-6-14-12(16-13)15-8-11-9(2)17-19-10(11)3/h4-8,13H2,1-3H3,(H2,14,15,16). The molecule has 1 rings (SSSR count). The van der Waals surface area contributed by atoms with E-state index >= 15 is 0 Å². The smallest absolute Gasteiger partial charge is 0.206 e. The Balaban J connectivity index is 2.40. The van der Waals surface area contributed by atoms with E-state index in [2.05, 4.69) is 20.9 Å². The number of hydrazine groups is 1. The normalized spacial score (nSPS) is 11.7. The monoisotopic (exact) mass is 269 g/mol. The van der Waals surface area contributed by atoms with Crippen LogP contribution in [-0.2, 0) is 11.3 Å². The van der Waals surface area contributed by atoms with Gasteiger partial charge in [0.25, 0.3) is 0 Å². The van der Waals surface area contributed by atoms with Crippen LogP contribution in [0.15, 0.2) is 9.52 Å². The van der Waals surface area contributed by atoms with Gasteiger partial charge in [0.15, 0.2) is 0 Å². The number of nitrogens with two attached hydrogens (primary N) is 1. The number of nitrogens with one attached hydrogen (secondary N) is 2. The van der Waals surface area contributed by atoms with Crippen molar-refractivity contribution in [2.24, 2.45) is 10.8 Å². The van der Waals surface area contributed by atoms with Crippen LogP contribution in [0.25, 0.3) is 0 Å². The van der Waals surface area contributed by atoms with E-state index in [9.17, 15) is 0 Å². The van der Waals surface area contributed by atoms with E-state index in [1.807, 2.05) is 20.8 Å². The first kappa shape index (κ1) is 15.5. The third-order valence-corrected chi connectivity index (χ3v) is 2.68. The van der Waals surface area contributed by atoms with Gasteiger partial charge >= 0.3 is 0 Å². The Morgan fingerprint density at radius 2 is 2.26 bits per heavy atom. The first-order valence-electron chi connectivity index (χ1n) is 6.43. The van der Waals surface area contributed by atoms with Crippen molar-refractivity contribution in [1.82, 2.24) is 15.9 Å². The maximum atomic E-state index is 5.42. The van der Waals surface area contributed by atoms with Gasteiger partial charge in [-0.15, -0.1) is 0 Å². The Morgan fingerprint density at radius 3 is 2.84 bits per heavy atom. The minimum atomic E-state index is 0.485. The quantitative estimate of drug-likeness (QED) is 0.221. The Hall–Kier alpha value is -1.60. The van der Waals surface area contributed by atoms with Crippen LogP contribution in [0.1, 0.15) is 30.4 Å². The fourth-order valence-corrected chi connectivity index (χ4v) is 1.56. The topological polar surface area (TPSA) is 97.7 Å². The van der Waals surface area contributed by atoms with Gasteiger partial charge in [0.1, 0.15) is 5.76 Å². The molecule has 19 heavy (non-hydrogen) atoms. The van der Waals surface area contributed by atoms with Crippen molar-refractivity contribution in [2.45, 2.75) is 33.7 Å². The highest BCUT2D eigenvalue weighted by molar-refractivity contribution is 5.79. The number of guanidine groups is 1. The van der Waals surface area contributed by atoms with Gasteiger partial charge in [-0.25, -0.2) is 10.8 Å². The molecule has 0 aliphatic rings. The van der Waals surface area contributed by atoms with Crippen molar-refractivity contribution in [3.8, 4) is 0 Å². The molecular formula is C12H23N5O2. The molecule has 0 amide bonds. The van der Waals surface area contributed by atoms with Crippen molar-refractivity contribution < 1.29 is 9.26 Å². The lowest BCUT2D eigenvalue weighted by molar-refractivity contribution is 0.145. The molecule has 1 heterocycles. The zero-order valence-electron chi connectivity index (χ0n) is 11.8. The van der Waals surface area contributed by atoms with Crippen LogP contribution in [0.2, 0.25) is 0 Å². The predicted octanol–water partition coefficient (Wildman–Crippen LogP) is 0.627. The molecule has 7 nitrogen and oxygen atoms in total. The number of aryl methyl sites for hydroxylation is 2. The molecule has 0 saturated carbocycles. The molecule has 0 bridgehead atoms. The summed E-state index contributed by atoms with van der Waals surface area (Å²) in [7, 11) is 0. The summed E-state index contributed by atoms with van der Waals surface area (Å²) >= 11 is 0. The molecule has 0 atom stereocenters. The lowest BCUT2D eigenvalue weighted by atomic mass is 10.2. The molecule has 0 aliphatic heterocycles. The highest BCUT2D eigenvalue weighted by Crippen LogP contribution is 2.12. The van der Waals surface area contributed by atoms with Gasteiger partial charge in [0.05, 0.1) is 12.2 Å². The van der Waals surface area contributed by atoms with E-state index in [-0.39, 0.29) is 0 Å². The molecule has 7 heteroatoms. The van der Waals surface area contributed by atoms with E-state index in [1.54, 1.807) is 0 Å². The van der Waals surface area contributed by atoms with Crippen molar-refractivity contribution in [2.75, 3.05) is 19.8 Å². The first-order valence-corrected chi connectivity index (χ1v) is 6.43. The van der Waals surface area contributed by atoms with Gasteiger partial charge < -0.3 is 14.6 Å². The van der Waals surface area contributed by atoms with Crippen LogP contribution in [-0.4, -0.2) is 30.9 Å². The van der Waals surface area contributed by atoms with Gasteiger partial charge in [-0.1, -0.05) is 5.16 Å². The number of rotatable bonds is 7. The summed E-state index contributed by atoms with van der Waals surface area (Å²) in [6.45, 7) is 8.45. The second kappa shape index (κ2) is 8.49. The minimum absolute atomic E-state index is 0.485. The Labute approximate surface area is 113 Å². The summed E-state index contributed by atoms with van der Waals surface area (Å²) in [5.41, 5.74) is 4.39. The average Bonchev–Trinajstić information content (AvgIpc) is 2.73. The zero-order chi connectivity index (χ0) is 14.1. The highest BCUT2D eigenvalue weighted by Gasteiger charge is 2.08. The van der Waals surface area contributed by atoms with Gasteiger partial charge in [-0.3, -0.25) is 5.43 Å². The molecule has 0 spiro atoms. The maximum absolute atomic E-state index is 5.42. The third kappa shape index (κ3) is 5.27. The van der Waals surface area contributed by atoms with Gasteiger partial charge in [-0.05, 0) is 27.2 Å². The molecule has 0 saturated heterocycles. The number of hydrogen-bond acceptors (Lipinski definition) is 5. The molecular weight excluding hydrogens is 246 g/mol. The molecule has 1 aromatic rings. The molecule has 0 aliphatic carbocycles. The van der Waals surface area contributed by atoms with Crippen molar-refractivity contribution in [3.05, 3.63) is 17.0 Å². The van der Waals surface area contributed by atoms with E-state index in [1.165, 1.54) is 0 Å². The highest BCUT2D eigenvalue weighted by atomic mass is 16.5. The first-order chi connectivity index (χ1) is 9.19. The lowest BCUT2D eigenvalue weighted by Crippen LogP contribution is -2.42. The van der Waals surface area contributed by atoms with Crippen molar-refractivity contribution in [3.63, 3.8) is 0 Å². The molecule has 108 valence electrons. The van der Waals surface area contributed by atoms with Gasteiger partial charge in [0.2, 0.25) is 5.96 Å². The summed E-state index contributed by atoms with van der Waals surface area (Å²) in [6.07, 6.45) is 0.903. The summed E-state index contributed by atoms with van der Waals surface area (Å²) in [6, 6.07) is 0. The molecule has 4 N–H and O–H groups in total. The maximum Gasteiger partial charge on any atom is 0.206 e. The van der Waals surface area contributed by atoms with Gasteiger partial charge in [-0.2, -0.15) is 0 Å². The molecule has 0 aromatic carbocycles. The summed E-state index contributed by atoms with van der Waals surface area (Å²) in [4.78, 5) is 4.35. The molecule has 1 aromatic heterocycles. The Morgan fingerprint density at radius 1 is 1.47 bits per heavy atom. The summed E-state index contributed by atoms with van der Waals surface area (Å²) < 4.78 is 10.3. The third-order valence-electron chi connectivity index (χ3n) is 2.68. The van der Waals surface area contributed by atoms with E-state index in [4.69, 9.17) is 15.1 Å². The van der Waals surface area contributed by atoms with Crippen LogP contribution >= 0.6 is 0 Å². The minimum Gasteiger partial charge on any atom is -0.382 e. The van der Waals surface area contributed by atoms with Crippen LogP contribution in [0, 0.1) is 13.8 Å². The number of aliphatic imine (C=N–C) groups is 1. The number of hydrogen-bond donors (Lipinski definition) is 3. The van der Waals surface area contributed by atoms with E-state index < -0.39 is 0 Å². The molecule has 0 fully saturated rings. The van der Waals surface area contributed by atoms with Crippen LogP contribution < -0.4 is 16.6 Å². The van der Waals surface area contributed by atoms with Crippen molar-refractivity contribution >= 4 is 5.96 Å². The molecule has 0 unspecified atom stereocenters. The van der Waals surface area contributed by atoms with Crippen LogP contribution in [0.5, 0.6) is 0 Å². The number of ether oxygens (including phenoxy) is 1. The zero-order valence-corrected chi connectivity index (χ0v) is 11.8. The fraction of sp³-hybridized carbons (Fsp3) is 0.667. The Bertz CT molecular complexity index is 383. The lowest BCUT2D eigenvalue weighted by Gasteiger charge is -2.09. The van der Waals surface area contributed by atoms with Crippen LogP contribution in [0.4, 0.5) is 0 Å². The summed E-state index contributed by atoms with van der Waals surface area (Å²) in [5.74, 6) is 6.75. The predicted molar refractivity (Wildman–Crippen MR) is 73.6 cm³/mol. The number of nitrogens with zero attached hydrogens (tertiary/aromatic N) is 2. The average molecular weight is 269 g/mol. The summed E-state index contributed by atoms with van der Waals surface area (Å²) in [5, 5.41) is 7.00. The second-order valence-corrected chi connectivity index (χ2v) is 4.09. The van der Waals surface area contributed by atoms with Crippen LogP contribution in [0.3, 0.4) is 0 Å². The number of aromatic nitrogens is 1. The SMILES string of the molecule is CCOCCCNC(=NCc1c(C)noc1C)NN. The Kier molecular flexibility index (Phi) is 6.91. The fourth-order valence-electron chi connectivity index (χ4n) is 1.56. The van der Waals surface area contributed by atoms with E-state index in [0.29, 0.717) is 12.5 Å². The molecule has 0 radical (unpaired) electrons. The second-order valence-electron chi connectivity index (χ2n) is 4.09.